The first-order valence-corrected chi connectivity index (χ1v) is 8.32. The van der Waals surface area contributed by atoms with Gasteiger partial charge in [0.25, 0.3) is 0 Å². The second kappa shape index (κ2) is 9.47. The molecule has 0 aliphatic carbocycles. The zero-order valence-electron chi connectivity index (χ0n) is 14.3. The number of hydrogen-bond acceptors (Lipinski definition) is 3. The molecule has 2 rings (SSSR count). The number of aliphatic carboxylic acids is 1. The Balaban J connectivity index is 1.75. The molecule has 0 radical (unpaired) electrons. The average molecular weight is 341 g/mol. The van der Waals surface area contributed by atoms with Gasteiger partial charge in [0.05, 0.1) is 6.04 Å². The van der Waals surface area contributed by atoms with Gasteiger partial charge in [-0.2, -0.15) is 0 Å². The topological polar surface area (TPSA) is 75.6 Å². The largest absolute Gasteiger partial charge is 0.482 e. The number of carbonyl (C=O) groups is 2. The number of benzene rings is 2. The normalized spacial score (nSPS) is 11.6. The number of carboxylic acid groups (broad SMARTS) is 1. The van der Waals surface area contributed by atoms with Crippen LogP contribution in [-0.4, -0.2) is 23.6 Å². The van der Waals surface area contributed by atoms with E-state index in [0.29, 0.717) is 12.2 Å². The molecule has 2 N–H and O–H groups in total. The number of carbonyl (C=O) groups excluding carboxylic acids is 1. The van der Waals surface area contributed by atoms with E-state index in [1.54, 1.807) is 12.1 Å². The van der Waals surface area contributed by atoms with E-state index in [2.05, 4.69) is 17.4 Å². The van der Waals surface area contributed by atoms with Crippen molar-refractivity contribution in [2.24, 2.45) is 0 Å². The van der Waals surface area contributed by atoms with Crippen molar-refractivity contribution in [3.8, 4) is 5.75 Å². The number of ether oxygens (including phenoxy) is 1. The fourth-order valence-corrected chi connectivity index (χ4v) is 2.49. The van der Waals surface area contributed by atoms with Crippen molar-refractivity contribution >= 4 is 11.9 Å². The maximum absolute atomic E-state index is 12.1. The highest BCUT2D eigenvalue weighted by Crippen LogP contribution is 2.18. The number of amides is 1. The quantitative estimate of drug-likeness (QED) is 0.733. The van der Waals surface area contributed by atoms with E-state index < -0.39 is 5.97 Å². The van der Waals surface area contributed by atoms with Crippen LogP contribution < -0.4 is 10.1 Å². The van der Waals surface area contributed by atoms with Crippen LogP contribution in [0.3, 0.4) is 0 Å². The van der Waals surface area contributed by atoms with Gasteiger partial charge in [-0.15, -0.1) is 0 Å². The van der Waals surface area contributed by atoms with Crippen molar-refractivity contribution in [2.75, 3.05) is 6.61 Å². The van der Waals surface area contributed by atoms with Gasteiger partial charge in [0, 0.05) is 6.42 Å². The lowest BCUT2D eigenvalue weighted by atomic mass is 10.1. The van der Waals surface area contributed by atoms with E-state index in [4.69, 9.17) is 9.84 Å². The number of hydrogen-bond donors (Lipinski definition) is 2. The Morgan fingerprint density at radius 3 is 2.40 bits per heavy atom. The minimum Gasteiger partial charge on any atom is -0.482 e. The number of nitrogens with one attached hydrogen (secondary N) is 1. The summed E-state index contributed by atoms with van der Waals surface area (Å²) in [6.07, 6.45) is 2.18. The third-order valence-electron chi connectivity index (χ3n) is 3.83. The molecule has 5 heteroatoms. The summed E-state index contributed by atoms with van der Waals surface area (Å²) in [5.74, 6) is -0.498. The predicted octanol–water partition coefficient (Wildman–Crippen LogP) is 3.35. The molecule has 0 saturated heterocycles. The zero-order valence-corrected chi connectivity index (χ0v) is 14.3. The van der Waals surface area contributed by atoms with Crippen molar-refractivity contribution < 1.29 is 19.4 Å². The van der Waals surface area contributed by atoms with E-state index >= 15 is 0 Å². The molecule has 0 saturated carbocycles. The van der Waals surface area contributed by atoms with Gasteiger partial charge in [-0.3, -0.25) is 4.79 Å². The average Bonchev–Trinajstić information content (AvgIpc) is 2.61. The number of rotatable bonds is 9. The van der Waals surface area contributed by atoms with Gasteiger partial charge in [0.2, 0.25) is 5.91 Å². The predicted molar refractivity (Wildman–Crippen MR) is 95.5 cm³/mol. The monoisotopic (exact) mass is 341 g/mol. The Morgan fingerprint density at radius 2 is 1.76 bits per heavy atom. The third-order valence-corrected chi connectivity index (χ3v) is 3.83. The first-order chi connectivity index (χ1) is 12.0. The van der Waals surface area contributed by atoms with Crippen LogP contribution >= 0.6 is 0 Å². The lowest BCUT2D eigenvalue weighted by Gasteiger charge is -2.15. The van der Waals surface area contributed by atoms with E-state index in [1.807, 2.05) is 37.3 Å². The van der Waals surface area contributed by atoms with Gasteiger partial charge >= 0.3 is 5.97 Å². The maximum atomic E-state index is 12.1. The molecule has 0 heterocycles. The van der Waals surface area contributed by atoms with Crippen LogP contribution in [0.2, 0.25) is 0 Å². The molecule has 2 aromatic rings. The molecule has 0 aromatic heterocycles. The van der Waals surface area contributed by atoms with Crippen LogP contribution in [0.25, 0.3) is 0 Å². The van der Waals surface area contributed by atoms with E-state index in [9.17, 15) is 9.59 Å². The number of aryl methyl sites for hydroxylation is 1. The fraction of sp³-hybridized carbons (Fsp3) is 0.300. The summed E-state index contributed by atoms with van der Waals surface area (Å²) in [6, 6.07) is 17.1. The molecule has 2 aromatic carbocycles. The van der Waals surface area contributed by atoms with E-state index in [1.165, 1.54) is 5.56 Å². The molecule has 0 fully saturated rings. The highest BCUT2D eigenvalue weighted by molar-refractivity contribution is 5.76. The van der Waals surface area contributed by atoms with Crippen LogP contribution in [0.4, 0.5) is 0 Å². The van der Waals surface area contributed by atoms with Gasteiger partial charge in [0.1, 0.15) is 5.75 Å². The van der Waals surface area contributed by atoms with Gasteiger partial charge in [-0.25, -0.2) is 4.79 Å². The molecule has 0 bridgehead atoms. The smallest absolute Gasteiger partial charge is 0.341 e. The zero-order chi connectivity index (χ0) is 18.1. The van der Waals surface area contributed by atoms with E-state index in [-0.39, 0.29) is 18.6 Å². The highest BCUT2D eigenvalue weighted by Gasteiger charge is 2.10. The molecule has 132 valence electrons. The second-order valence-electron chi connectivity index (χ2n) is 5.88. The molecule has 25 heavy (non-hydrogen) atoms. The lowest BCUT2D eigenvalue weighted by molar-refractivity contribution is -0.139. The second-order valence-corrected chi connectivity index (χ2v) is 5.88. The Hall–Kier alpha value is -2.82. The molecule has 1 unspecified atom stereocenters. The van der Waals surface area contributed by atoms with E-state index in [0.717, 1.165) is 18.4 Å². The lowest BCUT2D eigenvalue weighted by Crippen LogP contribution is -2.26. The van der Waals surface area contributed by atoms with Crippen molar-refractivity contribution in [3.63, 3.8) is 0 Å². The maximum Gasteiger partial charge on any atom is 0.341 e. The van der Waals surface area contributed by atoms with Crippen LogP contribution in [0.1, 0.15) is 36.9 Å². The Kier molecular flexibility index (Phi) is 7.01. The Morgan fingerprint density at radius 1 is 1.08 bits per heavy atom. The van der Waals surface area contributed by atoms with Crippen molar-refractivity contribution in [1.29, 1.82) is 0 Å². The minimum atomic E-state index is -1.01. The molecular formula is C20H23NO4. The molecule has 0 aliphatic heterocycles. The summed E-state index contributed by atoms with van der Waals surface area (Å²) < 4.78 is 5.09. The summed E-state index contributed by atoms with van der Waals surface area (Å²) in [4.78, 5) is 22.5. The third kappa shape index (κ3) is 6.67. The fourth-order valence-electron chi connectivity index (χ4n) is 2.49. The van der Waals surface area contributed by atoms with Gasteiger partial charge in [-0.1, -0.05) is 42.5 Å². The van der Waals surface area contributed by atoms with Gasteiger partial charge in [-0.05, 0) is 43.0 Å². The summed E-state index contributed by atoms with van der Waals surface area (Å²) in [6.45, 7) is 1.55. The van der Waals surface area contributed by atoms with Gasteiger partial charge in [0.15, 0.2) is 6.61 Å². The molecular weight excluding hydrogens is 318 g/mol. The van der Waals surface area contributed by atoms with Crippen LogP contribution in [0, 0.1) is 0 Å². The number of carboxylic acids is 1. The van der Waals surface area contributed by atoms with Crippen molar-refractivity contribution in [2.45, 2.75) is 32.2 Å². The van der Waals surface area contributed by atoms with Crippen molar-refractivity contribution in [1.82, 2.24) is 5.32 Å². The highest BCUT2D eigenvalue weighted by atomic mass is 16.5. The molecule has 1 amide bonds. The first kappa shape index (κ1) is 18.5. The Labute approximate surface area is 147 Å². The summed E-state index contributed by atoms with van der Waals surface area (Å²) in [5.41, 5.74) is 2.18. The molecule has 5 nitrogen and oxygen atoms in total. The summed E-state index contributed by atoms with van der Waals surface area (Å²) >= 11 is 0. The first-order valence-electron chi connectivity index (χ1n) is 8.32. The molecule has 0 spiro atoms. The van der Waals surface area contributed by atoms with Gasteiger partial charge < -0.3 is 15.2 Å². The molecule has 1 atom stereocenters. The Bertz CT molecular complexity index is 683. The standard InChI is InChI=1S/C20H23NO4/c1-15(17-10-12-18(13-11-17)25-14-20(23)24)21-19(22)9-5-8-16-6-3-2-4-7-16/h2-4,6-7,10-13,15H,5,8-9,14H2,1H3,(H,21,22)(H,23,24). The van der Waals surface area contributed by atoms with Crippen LogP contribution in [0.15, 0.2) is 54.6 Å². The van der Waals surface area contributed by atoms with Crippen LogP contribution in [0.5, 0.6) is 5.75 Å². The summed E-state index contributed by atoms with van der Waals surface area (Å²) in [5, 5.41) is 11.6. The molecule has 0 aliphatic rings. The minimum absolute atomic E-state index is 0.0228. The van der Waals surface area contributed by atoms with Crippen molar-refractivity contribution in [3.05, 3.63) is 65.7 Å². The SMILES string of the molecule is CC(NC(=O)CCCc1ccccc1)c1ccc(OCC(=O)O)cc1. The summed E-state index contributed by atoms with van der Waals surface area (Å²) in [7, 11) is 0. The van der Waals surface area contributed by atoms with Crippen LogP contribution in [-0.2, 0) is 16.0 Å².